The van der Waals surface area contributed by atoms with E-state index >= 15 is 0 Å². The van der Waals surface area contributed by atoms with Crippen LogP contribution in [0.5, 0.6) is 0 Å². The summed E-state index contributed by atoms with van der Waals surface area (Å²) in [5, 5.41) is 4.74. The summed E-state index contributed by atoms with van der Waals surface area (Å²) in [6.07, 6.45) is 0. The number of nitrogens with one attached hydrogen (secondary N) is 2. The minimum Gasteiger partial charge on any atom is -0.357 e. The highest BCUT2D eigenvalue weighted by Crippen LogP contribution is 2.19. The lowest BCUT2D eigenvalue weighted by Crippen LogP contribution is -2.48. The van der Waals surface area contributed by atoms with E-state index in [2.05, 4.69) is 10.6 Å². The minimum atomic E-state index is -1.51. The Hall–Kier alpha value is -0.480. The van der Waals surface area contributed by atoms with E-state index < -0.39 is 16.3 Å². The Balaban J connectivity index is 4.15. The summed E-state index contributed by atoms with van der Waals surface area (Å²) in [5.41, 5.74) is 0. The van der Waals surface area contributed by atoms with Crippen LogP contribution in [0.2, 0.25) is 0 Å². The first-order chi connectivity index (χ1) is 5.79. The van der Waals surface area contributed by atoms with E-state index in [1.54, 1.807) is 0 Å². The molecular weight excluding hydrogens is 215 g/mol. The van der Waals surface area contributed by atoms with Crippen LogP contribution in [0.15, 0.2) is 0 Å². The summed E-state index contributed by atoms with van der Waals surface area (Å²) in [4.78, 5) is 22.1. The molecule has 2 amide bonds. The molecule has 0 aromatic heterocycles. The van der Waals surface area contributed by atoms with Crippen molar-refractivity contribution in [1.82, 2.24) is 10.6 Å². The van der Waals surface area contributed by atoms with Gasteiger partial charge >= 0.3 is 0 Å². The first kappa shape index (κ1) is 12.5. The fourth-order valence-corrected chi connectivity index (χ4v) is 0.715. The average molecular weight is 227 g/mol. The number of rotatable bonds is 3. The molecule has 1 unspecified atom stereocenters. The second-order valence-corrected chi connectivity index (χ2v) is 4.40. The second-order valence-electron chi connectivity index (χ2n) is 2.70. The predicted molar refractivity (Wildman–Crippen MR) is 51.8 cm³/mol. The van der Waals surface area contributed by atoms with Crippen molar-refractivity contribution in [2.24, 2.45) is 0 Å². The summed E-state index contributed by atoms with van der Waals surface area (Å²) >= 11 is 11.0. The van der Waals surface area contributed by atoms with E-state index in [4.69, 9.17) is 23.2 Å². The molecule has 0 fully saturated rings. The lowest BCUT2D eigenvalue weighted by atomic mass is 10.3. The molecule has 1 atom stereocenters. The highest BCUT2D eigenvalue weighted by atomic mass is 35.5. The number of hydrogen-bond donors (Lipinski definition) is 2. The number of halogens is 2. The summed E-state index contributed by atoms with van der Waals surface area (Å²) in [7, 11) is 1.48. The fourth-order valence-electron chi connectivity index (χ4n) is 0.605. The van der Waals surface area contributed by atoms with Gasteiger partial charge in [0.15, 0.2) is 4.33 Å². The highest BCUT2D eigenvalue weighted by molar-refractivity contribution is 6.57. The topological polar surface area (TPSA) is 58.2 Å². The number of likely N-dealkylation sites (N-methyl/N-ethyl adjacent to an activating group) is 1. The van der Waals surface area contributed by atoms with Crippen LogP contribution in [0.3, 0.4) is 0 Å². The number of alkyl halides is 2. The molecule has 0 aliphatic heterocycles. The van der Waals surface area contributed by atoms with E-state index in [0.29, 0.717) is 0 Å². The molecule has 6 heteroatoms. The number of amides is 2. The third kappa shape index (κ3) is 4.33. The third-order valence-electron chi connectivity index (χ3n) is 1.39. The Morgan fingerprint density at radius 2 is 1.85 bits per heavy atom. The van der Waals surface area contributed by atoms with Gasteiger partial charge in [0.25, 0.3) is 5.91 Å². The number of carbonyl (C=O) groups is 2. The third-order valence-corrected chi connectivity index (χ3v) is 1.73. The molecule has 0 radical (unpaired) electrons. The van der Waals surface area contributed by atoms with Crippen LogP contribution in [0.4, 0.5) is 0 Å². The molecule has 0 saturated heterocycles. The molecule has 0 heterocycles. The van der Waals surface area contributed by atoms with Crippen LogP contribution in [0.1, 0.15) is 13.8 Å². The monoisotopic (exact) mass is 226 g/mol. The minimum absolute atomic E-state index is 0.300. The van der Waals surface area contributed by atoms with Crippen molar-refractivity contribution < 1.29 is 9.59 Å². The molecule has 0 saturated carbocycles. The first-order valence-electron chi connectivity index (χ1n) is 3.69. The van der Waals surface area contributed by atoms with Crippen LogP contribution < -0.4 is 10.6 Å². The summed E-state index contributed by atoms with van der Waals surface area (Å²) in [6, 6.07) is -0.644. The molecule has 13 heavy (non-hydrogen) atoms. The van der Waals surface area contributed by atoms with Gasteiger partial charge in [-0.2, -0.15) is 0 Å². The van der Waals surface area contributed by atoms with E-state index in [9.17, 15) is 9.59 Å². The van der Waals surface area contributed by atoms with E-state index in [-0.39, 0.29) is 5.91 Å². The van der Waals surface area contributed by atoms with Gasteiger partial charge in [-0.15, -0.1) is 0 Å². The average Bonchev–Trinajstić information content (AvgIpc) is 2.01. The molecule has 0 aromatic rings. The Morgan fingerprint density at radius 1 is 1.38 bits per heavy atom. The van der Waals surface area contributed by atoms with Gasteiger partial charge in [0.1, 0.15) is 6.04 Å². The molecule has 0 spiro atoms. The van der Waals surface area contributed by atoms with Crippen LogP contribution >= 0.6 is 23.2 Å². The fraction of sp³-hybridized carbons (Fsp3) is 0.714. The van der Waals surface area contributed by atoms with Gasteiger partial charge in [-0.25, -0.2) is 0 Å². The summed E-state index contributed by atoms with van der Waals surface area (Å²) < 4.78 is -1.51. The molecule has 2 N–H and O–H groups in total. The van der Waals surface area contributed by atoms with Gasteiger partial charge in [0.2, 0.25) is 5.91 Å². The van der Waals surface area contributed by atoms with Gasteiger partial charge in [-0.05, 0) is 13.8 Å². The maximum Gasteiger partial charge on any atom is 0.256 e. The number of hydrogen-bond acceptors (Lipinski definition) is 2. The van der Waals surface area contributed by atoms with Crippen LogP contribution in [0.25, 0.3) is 0 Å². The lowest BCUT2D eigenvalue weighted by molar-refractivity contribution is -0.128. The lowest BCUT2D eigenvalue weighted by Gasteiger charge is -2.17. The van der Waals surface area contributed by atoms with E-state index in [0.717, 1.165) is 0 Å². The van der Waals surface area contributed by atoms with Gasteiger partial charge in [-0.3, -0.25) is 9.59 Å². The Kier molecular flexibility index (Phi) is 4.50. The molecular formula is C7H12Cl2N2O2. The van der Waals surface area contributed by atoms with Crippen molar-refractivity contribution in [2.75, 3.05) is 7.05 Å². The largest absolute Gasteiger partial charge is 0.357 e. The van der Waals surface area contributed by atoms with Crippen molar-refractivity contribution in [1.29, 1.82) is 0 Å². The maximum atomic E-state index is 11.1. The smallest absolute Gasteiger partial charge is 0.256 e. The zero-order valence-electron chi connectivity index (χ0n) is 7.65. The normalized spacial score (nSPS) is 13.3. The van der Waals surface area contributed by atoms with Crippen molar-refractivity contribution in [3.63, 3.8) is 0 Å². The van der Waals surface area contributed by atoms with Crippen LogP contribution in [-0.2, 0) is 9.59 Å². The maximum absolute atomic E-state index is 11.1. The van der Waals surface area contributed by atoms with Crippen molar-refractivity contribution in [3.8, 4) is 0 Å². The molecule has 0 aliphatic carbocycles. The molecule has 0 rings (SSSR count). The predicted octanol–water partition coefficient (Wildman–Crippen LogP) is 0.431. The molecule has 4 nitrogen and oxygen atoms in total. The highest BCUT2D eigenvalue weighted by Gasteiger charge is 2.29. The zero-order valence-corrected chi connectivity index (χ0v) is 9.16. The standard InChI is InChI=1S/C7H12Cl2N2O2/c1-4(5(12)10-3)11-6(13)7(2,8)9/h4H,1-3H3,(H,10,12)(H,11,13). The van der Waals surface area contributed by atoms with E-state index in [1.165, 1.54) is 20.9 Å². The SMILES string of the molecule is CNC(=O)C(C)NC(=O)C(C)(Cl)Cl. The first-order valence-corrected chi connectivity index (χ1v) is 4.45. The van der Waals surface area contributed by atoms with E-state index in [1.807, 2.05) is 0 Å². The Labute approximate surface area is 87.0 Å². The van der Waals surface area contributed by atoms with Crippen molar-refractivity contribution in [3.05, 3.63) is 0 Å². The molecule has 0 bridgehead atoms. The summed E-state index contributed by atoms with van der Waals surface area (Å²) in [6.45, 7) is 2.87. The summed E-state index contributed by atoms with van der Waals surface area (Å²) in [5.74, 6) is -0.891. The van der Waals surface area contributed by atoms with Gasteiger partial charge in [-0.1, -0.05) is 23.2 Å². The number of carbonyl (C=O) groups excluding carboxylic acids is 2. The van der Waals surface area contributed by atoms with Crippen molar-refractivity contribution >= 4 is 35.0 Å². The zero-order chi connectivity index (χ0) is 10.6. The van der Waals surface area contributed by atoms with Gasteiger partial charge < -0.3 is 10.6 Å². The molecule has 76 valence electrons. The van der Waals surface area contributed by atoms with Gasteiger partial charge in [0, 0.05) is 7.05 Å². The second kappa shape index (κ2) is 4.67. The Morgan fingerprint density at radius 3 is 2.15 bits per heavy atom. The van der Waals surface area contributed by atoms with Gasteiger partial charge in [0.05, 0.1) is 0 Å². The van der Waals surface area contributed by atoms with Crippen molar-refractivity contribution in [2.45, 2.75) is 24.2 Å². The Bertz CT molecular complexity index is 213. The molecule has 0 aliphatic rings. The molecule has 0 aromatic carbocycles. The van der Waals surface area contributed by atoms with Crippen LogP contribution in [0, 0.1) is 0 Å². The van der Waals surface area contributed by atoms with Crippen LogP contribution in [-0.4, -0.2) is 29.2 Å². The quantitative estimate of drug-likeness (QED) is 0.687.